The number of hydrogen-bond donors (Lipinski definition) is 1. The van der Waals surface area contributed by atoms with Crippen LogP contribution in [0.25, 0.3) is 0 Å². The minimum absolute atomic E-state index is 0.0297. The Labute approximate surface area is 210 Å². The van der Waals surface area contributed by atoms with Gasteiger partial charge in [-0.05, 0) is 6.42 Å². The molecule has 36 heavy (non-hydrogen) atoms. The van der Waals surface area contributed by atoms with Crippen LogP contribution in [-0.4, -0.2) is 110 Å². The zero-order valence-electron chi connectivity index (χ0n) is 20.6. The minimum Gasteiger partial charge on any atom is -0.463 e. The van der Waals surface area contributed by atoms with Crippen LogP contribution in [0.15, 0.2) is 25.3 Å². The topological polar surface area (TPSA) is 154 Å². The Balaban J connectivity index is 3.25. The molecule has 0 atom stereocenters. The Bertz CT molecular complexity index is 587. The van der Waals surface area contributed by atoms with Gasteiger partial charge in [-0.2, -0.15) is 0 Å². The highest BCUT2D eigenvalue weighted by molar-refractivity contribution is 5.81. The van der Waals surface area contributed by atoms with Crippen molar-refractivity contribution < 1.29 is 57.1 Å². The Morgan fingerprint density at radius 1 is 0.556 bits per heavy atom. The van der Waals surface area contributed by atoms with Gasteiger partial charge in [0.2, 0.25) is 0 Å². The highest BCUT2D eigenvalue weighted by atomic mass is 16.6. The molecule has 0 unspecified atom stereocenters. The molecule has 0 spiro atoms. The number of esters is 3. The third kappa shape index (κ3) is 24.1. The molecule has 0 aliphatic rings. The maximum atomic E-state index is 11.5. The number of ether oxygens (including phenoxy) is 8. The fraction of sp³-hybridized carbons (Fsp3) is 0.652. The van der Waals surface area contributed by atoms with E-state index < -0.39 is 18.0 Å². The van der Waals surface area contributed by atoms with Gasteiger partial charge in [-0.15, -0.1) is 0 Å². The average molecular weight is 520 g/mol. The van der Waals surface area contributed by atoms with Gasteiger partial charge in [-0.3, -0.25) is 4.79 Å². The van der Waals surface area contributed by atoms with Crippen LogP contribution < -0.4 is 5.32 Å². The summed E-state index contributed by atoms with van der Waals surface area (Å²) in [5.74, 6) is -1.47. The fourth-order valence-corrected chi connectivity index (χ4v) is 2.10. The molecule has 0 bridgehead atoms. The summed E-state index contributed by atoms with van der Waals surface area (Å²) in [5.41, 5.74) is 0. The van der Waals surface area contributed by atoms with E-state index in [4.69, 9.17) is 37.9 Å². The first-order valence-electron chi connectivity index (χ1n) is 11.4. The van der Waals surface area contributed by atoms with E-state index in [0.717, 1.165) is 12.2 Å². The summed E-state index contributed by atoms with van der Waals surface area (Å²) < 4.78 is 40.5. The van der Waals surface area contributed by atoms with Gasteiger partial charge in [0.15, 0.2) is 0 Å². The largest absolute Gasteiger partial charge is 0.463 e. The lowest BCUT2D eigenvalue weighted by Crippen LogP contribution is -2.29. The second-order valence-electron chi connectivity index (χ2n) is 6.58. The van der Waals surface area contributed by atoms with Gasteiger partial charge < -0.3 is 43.2 Å². The van der Waals surface area contributed by atoms with E-state index in [1.165, 1.54) is 0 Å². The summed E-state index contributed by atoms with van der Waals surface area (Å²) in [6.45, 7) is 9.72. The number of alkyl carbamates (subject to hydrolysis) is 1. The van der Waals surface area contributed by atoms with Gasteiger partial charge in [0, 0.05) is 18.6 Å². The fourth-order valence-electron chi connectivity index (χ4n) is 2.10. The summed E-state index contributed by atoms with van der Waals surface area (Å²) >= 11 is 0. The predicted octanol–water partition coefficient (Wildman–Crippen LogP) is 0.561. The maximum absolute atomic E-state index is 11.5. The lowest BCUT2D eigenvalue weighted by atomic mass is 10.3. The molecule has 0 heterocycles. The van der Waals surface area contributed by atoms with E-state index in [9.17, 15) is 19.2 Å². The number of nitrogens with one attached hydrogen (secondary N) is 1. The Morgan fingerprint density at radius 3 is 1.50 bits per heavy atom. The highest BCUT2D eigenvalue weighted by Crippen LogP contribution is 1.95. The molecule has 0 radical (unpaired) electrons. The molecule has 0 rings (SSSR count). The standard InChI is InChI=1S/C23H37NO12/c1-3-20(25)33-8-5-6-22(27)35-18-16-31-14-12-29-10-11-30-13-15-32-17-19-36-23(28)24-7-9-34-21(26)4-2/h3-4H,1-2,5-19H2,(H,24,28). The monoisotopic (exact) mass is 519 g/mol. The quantitative estimate of drug-likeness (QED) is 0.0820. The van der Waals surface area contributed by atoms with E-state index in [1.807, 2.05) is 0 Å². The van der Waals surface area contributed by atoms with Crippen molar-refractivity contribution in [3.63, 3.8) is 0 Å². The van der Waals surface area contributed by atoms with Crippen LogP contribution in [0.3, 0.4) is 0 Å². The Kier molecular flexibility index (Phi) is 23.0. The molecular formula is C23H37NO12. The van der Waals surface area contributed by atoms with Crippen molar-refractivity contribution in [3.05, 3.63) is 25.3 Å². The molecule has 13 nitrogen and oxygen atoms in total. The van der Waals surface area contributed by atoms with Crippen molar-refractivity contribution in [2.45, 2.75) is 12.8 Å². The lowest BCUT2D eigenvalue weighted by molar-refractivity contribution is -0.147. The summed E-state index contributed by atoms with van der Waals surface area (Å²) in [6.07, 6.45) is 2.00. The second kappa shape index (κ2) is 25.1. The molecule has 0 aromatic rings. The first-order chi connectivity index (χ1) is 17.5. The van der Waals surface area contributed by atoms with Crippen LogP contribution in [0, 0.1) is 0 Å². The molecule has 206 valence electrons. The first kappa shape index (κ1) is 33.0. The lowest BCUT2D eigenvalue weighted by Gasteiger charge is -2.09. The van der Waals surface area contributed by atoms with Gasteiger partial charge in [0.1, 0.15) is 19.8 Å². The van der Waals surface area contributed by atoms with E-state index >= 15 is 0 Å². The normalized spacial score (nSPS) is 10.2. The van der Waals surface area contributed by atoms with Crippen LogP contribution >= 0.6 is 0 Å². The van der Waals surface area contributed by atoms with Gasteiger partial charge in [-0.1, -0.05) is 13.2 Å². The maximum Gasteiger partial charge on any atom is 0.407 e. The van der Waals surface area contributed by atoms with E-state index in [2.05, 4.69) is 18.5 Å². The van der Waals surface area contributed by atoms with Crippen LogP contribution in [0.4, 0.5) is 4.79 Å². The number of carbonyl (C=O) groups is 4. The zero-order chi connectivity index (χ0) is 26.7. The highest BCUT2D eigenvalue weighted by Gasteiger charge is 2.04. The molecule has 0 aromatic carbocycles. The van der Waals surface area contributed by atoms with E-state index in [-0.39, 0.29) is 58.6 Å². The summed E-state index contributed by atoms with van der Waals surface area (Å²) in [7, 11) is 0. The molecule has 0 aromatic heterocycles. The molecule has 13 heteroatoms. The SMILES string of the molecule is C=CC(=O)OCCCC(=O)OCCOCCOCCOCCOCCOC(=O)NCCOC(=O)C=C. The third-order valence-electron chi connectivity index (χ3n) is 3.79. The summed E-state index contributed by atoms with van der Waals surface area (Å²) in [5, 5.41) is 2.42. The van der Waals surface area contributed by atoms with E-state index in [1.54, 1.807) is 0 Å². The number of rotatable bonds is 24. The molecule has 1 amide bonds. The number of hydrogen-bond acceptors (Lipinski definition) is 12. The minimum atomic E-state index is -0.632. The summed E-state index contributed by atoms with van der Waals surface area (Å²) in [4.78, 5) is 44.5. The van der Waals surface area contributed by atoms with Crippen molar-refractivity contribution in [3.8, 4) is 0 Å². The third-order valence-corrected chi connectivity index (χ3v) is 3.79. The van der Waals surface area contributed by atoms with Gasteiger partial charge >= 0.3 is 24.0 Å². The van der Waals surface area contributed by atoms with Crippen LogP contribution in [0.1, 0.15) is 12.8 Å². The van der Waals surface area contributed by atoms with Crippen LogP contribution in [0.5, 0.6) is 0 Å². The number of amides is 1. The Morgan fingerprint density at radius 2 is 1.00 bits per heavy atom. The smallest absolute Gasteiger partial charge is 0.407 e. The van der Waals surface area contributed by atoms with Crippen molar-refractivity contribution >= 4 is 24.0 Å². The Hall–Kier alpha value is -3.00. The summed E-state index contributed by atoms with van der Waals surface area (Å²) in [6, 6.07) is 0. The van der Waals surface area contributed by atoms with E-state index in [0.29, 0.717) is 46.1 Å². The van der Waals surface area contributed by atoms with Gasteiger partial charge in [-0.25, -0.2) is 14.4 Å². The zero-order valence-corrected chi connectivity index (χ0v) is 20.6. The first-order valence-corrected chi connectivity index (χ1v) is 11.4. The predicted molar refractivity (Wildman–Crippen MR) is 125 cm³/mol. The second-order valence-corrected chi connectivity index (χ2v) is 6.58. The van der Waals surface area contributed by atoms with Crippen molar-refractivity contribution in [1.82, 2.24) is 5.32 Å². The molecule has 0 saturated heterocycles. The molecule has 0 fully saturated rings. The molecule has 0 aliphatic heterocycles. The molecule has 0 saturated carbocycles. The van der Waals surface area contributed by atoms with Crippen molar-refractivity contribution in [2.24, 2.45) is 0 Å². The van der Waals surface area contributed by atoms with Gasteiger partial charge in [0.25, 0.3) is 0 Å². The van der Waals surface area contributed by atoms with Crippen LogP contribution in [0.2, 0.25) is 0 Å². The molecular weight excluding hydrogens is 482 g/mol. The van der Waals surface area contributed by atoms with Crippen LogP contribution in [-0.2, 0) is 52.3 Å². The molecule has 0 aliphatic carbocycles. The number of carbonyl (C=O) groups excluding carboxylic acids is 4. The average Bonchev–Trinajstić information content (AvgIpc) is 2.88. The molecule has 1 N–H and O–H groups in total. The van der Waals surface area contributed by atoms with Gasteiger partial charge in [0.05, 0.1) is 66.0 Å². The van der Waals surface area contributed by atoms with Crippen molar-refractivity contribution in [2.75, 3.05) is 85.8 Å². The van der Waals surface area contributed by atoms with Crippen molar-refractivity contribution in [1.29, 1.82) is 0 Å².